The highest BCUT2D eigenvalue weighted by atomic mass is 79.9. The van der Waals surface area contributed by atoms with Crippen molar-refractivity contribution in [1.29, 1.82) is 0 Å². The molecule has 0 saturated heterocycles. The number of halogens is 1. The van der Waals surface area contributed by atoms with Crippen molar-refractivity contribution < 1.29 is 14.3 Å². The fraction of sp³-hybridized carbons (Fsp3) is 0.308. The Morgan fingerprint density at radius 3 is 2.44 bits per heavy atom. The minimum atomic E-state index is -0.656. The highest BCUT2D eigenvalue weighted by Gasteiger charge is 2.28. The molecule has 0 heterocycles. The summed E-state index contributed by atoms with van der Waals surface area (Å²) in [6, 6.07) is 20.7. The SMILES string of the molecule is C[C@@H](C(=O)NC(C)(C)C)N(Cc1cccc(Br)c1)C(=O)COc1cccc2ccccc12. The van der Waals surface area contributed by atoms with Crippen molar-refractivity contribution in [1.82, 2.24) is 10.2 Å². The van der Waals surface area contributed by atoms with E-state index in [1.54, 1.807) is 11.8 Å². The van der Waals surface area contributed by atoms with Gasteiger partial charge in [-0.1, -0.05) is 64.5 Å². The minimum Gasteiger partial charge on any atom is -0.483 e. The van der Waals surface area contributed by atoms with Crippen LogP contribution >= 0.6 is 15.9 Å². The number of nitrogens with zero attached hydrogens (tertiary/aromatic N) is 1. The predicted molar refractivity (Wildman–Crippen MR) is 131 cm³/mol. The predicted octanol–water partition coefficient (Wildman–Crippen LogP) is 5.31. The molecular weight excluding hydrogens is 468 g/mol. The first-order valence-electron chi connectivity index (χ1n) is 10.6. The van der Waals surface area contributed by atoms with Gasteiger partial charge in [0, 0.05) is 21.9 Å². The second-order valence-electron chi connectivity index (χ2n) is 8.83. The zero-order valence-corrected chi connectivity index (χ0v) is 20.5. The maximum absolute atomic E-state index is 13.3. The molecule has 1 N–H and O–H groups in total. The summed E-state index contributed by atoms with van der Waals surface area (Å²) in [6.45, 7) is 7.64. The molecule has 168 valence electrons. The van der Waals surface area contributed by atoms with Crippen LogP contribution < -0.4 is 10.1 Å². The fourth-order valence-corrected chi connectivity index (χ4v) is 3.88. The van der Waals surface area contributed by atoms with Gasteiger partial charge in [-0.15, -0.1) is 0 Å². The molecule has 0 aliphatic carbocycles. The molecule has 3 aromatic carbocycles. The van der Waals surface area contributed by atoms with Gasteiger partial charge in [-0.2, -0.15) is 0 Å². The number of hydrogen-bond donors (Lipinski definition) is 1. The zero-order valence-electron chi connectivity index (χ0n) is 18.9. The molecule has 0 aromatic heterocycles. The lowest BCUT2D eigenvalue weighted by molar-refractivity contribution is -0.142. The largest absolute Gasteiger partial charge is 0.483 e. The lowest BCUT2D eigenvalue weighted by atomic mass is 10.1. The van der Waals surface area contributed by atoms with Crippen molar-refractivity contribution in [3.05, 3.63) is 76.8 Å². The summed E-state index contributed by atoms with van der Waals surface area (Å²) >= 11 is 3.47. The molecule has 0 aliphatic rings. The minimum absolute atomic E-state index is 0.158. The third-order valence-electron chi connectivity index (χ3n) is 5.01. The van der Waals surface area contributed by atoms with Crippen LogP contribution in [0, 0.1) is 0 Å². The van der Waals surface area contributed by atoms with Crippen LogP contribution in [-0.2, 0) is 16.1 Å². The quantitative estimate of drug-likeness (QED) is 0.481. The molecule has 6 heteroatoms. The van der Waals surface area contributed by atoms with Gasteiger partial charge < -0.3 is 15.0 Å². The zero-order chi connectivity index (χ0) is 23.3. The summed E-state index contributed by atoms with van der Waals surface area (Å²) in [6.07, 6.45) is 0. The highest BCUT2D eigenvalue weighted by molar-refractivity contribution is 9.10. The summed E-state index contributed by atoms with van der Waals surface area (Å²) in [7, 11) is 0. The number of benzene rings is 3. The highest BCUT2D eigenvalue weighted by Crippen LogP contribution is 2.25. The number of carbonyl (C=O) groups is 2. The summed E-state index contributed by atoms with van der Waals surface area (Å²) in [5, 5.41) is 4.95. The van der Waals surface area contributed by atoms with E-state index < -0.39 is 11.6 Å². The van der Waals surface area contributed by atoms with Gasteiger partial charge in [-0.05, 0) is 56.8 Å². The van der Waals surface area contributed by atoms with Gasteiger partial charge in [0.05, 0.1) is 0 Å². The third kappa shape index (κ3) is 6.33. The molecule has 3 rings (SSSR count). The fourth-order valence-electron chi connectivity index (χ4n) is 3.43. The number of amides is 2. The van der Waals surface area contributed by atoms with E-state index in [0.29, 0.717) is 12.3 Å². The van der Waals surface area contributed by atoms with E-state index in [1.165, 1.54) is 0 Å². The van der Waals surface area contributed by atoms with E-state index in [-0.39, 0.29) is 18.4 Å². The van der Waals surface area contributed by atoms with Gasteiger partial charge in [0.25, 0.3) is 5.91 Å². The van der Waals surface area contributed by atoms with Crippen LogP contribution in [0.5, 0.6) is 5.75 Å². The van der Waals surface area contributed by atoms with Crippen molar-refractivity contribution in [2.75, 3.05) is 6.61 Å². The number of hydrogen-bond acceptors (Lipinski definition) is 3. The normalized spacial score (nSPS) is 12.3. The van der Waals surface area contributed by atoms with E-state index in [1.807, 2.05) is 87.5 Å². The maximum atomic E-state index is 13.3. The first-order chi connectivity index (χ1) is 15.1. The second-order valence-corrected chi connectivity index (χ2v) is 9.75. The van der Waals surface area contributed by atoms with Crippen molar-refractivity contribution in [3.8, 4) is 5.75 Å². The Balaban J connectivity index is 1.81. The van der Waals surface area contributed by atoms with Gasteiger partial charge in [0.2, 0.25) is 5.91 Å². The molecule has 0 unspecified atom stereocenters. The summed E-state index contributed by atoms with van der Waals surface area (Å²) in [5.41, 5.74) is 0.531. The Labute approximate surface area is 197 Å². The maximum Gasteiger partial charge on any atom is 0.261 e. The Morgan fingerprint density at radius 2 is 1.72 bits per heavy atom. The summed E-state index contributed by atoms with van der Waals surface area (Å²) < 4.78 is 6.84. The van der Waals surface area contributed by atoms with E-state index >= 15 is 0 Å². The molecule has 3 aromatic rings. The van der Waals surface area contributed by atoms with Crippen molar-refractivity contribution in [2.24, 2.45) is 0 Å². The van der Waals surface area contributed by atoms with Gasteiger partial charge in [-0.3, -0.25) is 9.59 Å². The van der Waals surface area contributed by atoms with E-state index in [0.717, 1.165) is 20.8 Å². The number of ether oxygens (including phenoxy) is 1. The van der Waals surface area contributed by atoms with Gasteiger partial charge >= 0.3 is 0 Å². The first kappa shape index (κ1) is 23.8. The lowest BCUT2D eigenvalue weighted by Crippen LogP contribution is -2.53. The second kappa shape index (κ2) is 10.2. The topological polar surface area (TPSA) is 58.6 Å². The van der Waals surface area contributed by atoms with Crippen LogP contribution in [-0.4, -0.2) is 34.9 Å². The molecular formula is C26H29BrN2O3. The van der Waals surface area contributed by atoms with Crippen LogP contribution in [0.3, 0.4) is 0 Å². The molecule has 5 nitrogen and oxygen atoms in total. The van der Waals surface area contributed by atoms with E-state index in [9.17, 15) is 9.59 Å². The van der Waals surface area contributed by atoms with Crippen LogP contribution in [0.4, 0.5) is 0 Å². The number of nitrogens with one attached hydrogen (secondary N) is 1. The van der Waals surface area contributed by atoms with Crippen LogP contribution in [0.25, 0.3) is 10.8 Å². The Hall–Kier alpha value is -2.86. The molecule has 32 heavy (non-hydrogen) atoms. The van der Waals surface area contributed by atoms with Crippen LogP contribution in [0.2, 0.25) is 0 Å². The van der Waals surface area contributed by atoms with Crippen molar-refractivity contribution >= 4 is 38.5 Å². The molecule has 0 spiro atoms. The molecule has 2 amide bonds. The van der Waals surface area contributed by atoms with E-state index in [2.05, 4.69) is 21.2 Å². The average Bonchev–Trinajstić information content (AvgIpc) is 2.74. The molecule has 1 atom stereocenters. The molecule has 0 radical (unpaired) electrons. The molecule has 0 fully saturated rings. The first-order valence-corrected chi connectivity index (χ1v) is 11.4. The van der Waals surface area contributed by atoms with Gasteiger partial charge in [0.1, 0.15) is 11.8 Å². The smallest absolute Gasteiger partial charge is 0.261 e. The summed E-state index contributed by atoms with van der Waals surface area (Å²) in [5.74, 6) is 0.186. The molecule has 0 saturated carbocycles. The van der Waals surface area contributed by atoms with Gasteiger partial charge in [0.15, 0.2) is 6.61 Å². The Morgan fingerprint density at radius 1 is 1.03 bits per heavy atom. The molecule has 0 aliphatic heterocycles. The van der Waals surface area contributed by atoms with Crippen molar-refractivity contribution in [3.63, 3.8) is 0 Å². The standard InChI is InChI=1S/C26H29BrN2O3/c1-18(25(31)28-26(2,3)4)29(16-19-9-7-12-21(27)15-19)24(30)17-32-23-14-8-11-20-10-5-6-13-22(20)23/h5-15,18H,16-17H2,1-4H3,(H,28,31)/t18-/m0/s1. The van der Waals surface area contributed by atoms with Crippen molar-refractivity contribution in [2.45, 2.75) is 45.8 Å². The Bertz CT molecular complexity index is 1100. The Kier molecular flexibility index (Phi) is 7.56. The summed E-state index contributed by atoms with van der Waals surface area (Å²) in [4.78, 5) is 27.7. The number of fused-ring (bicyclic) bond motifs is 1. The van der Waals surface area contributed by atoms with Crippen LogP contribution in [0.1, 0.15) is 33.3 Å². The lowest BCUT2D eigenvalue weighted by Gasteiger charge is -2.31. The number of rotatable bonds is 7. The average molecular weight is 497 g/mol. The van der Waals surface area contributed by atoms with E-state index in [4.69, 9.17) is 4.74 Å². The van der Waals surface area contributed by atoms with Gasteiger partial charge in [-0.25, -0.2) is 0 Å². The van der Waals surface area contributed by atoms with Crippen LogP contribution in [0.15, 0.2) is 71.2 Å². The monoisotopic (exact) mass is 496 g/mol. The molecule has 0 bridgehead atoms. The number of carbonyl (C=O) groups excluding carboxylic acids is 2. The third-order valence-corrected chi connectivity index (χ3v) is 5.50.